The highest BCUT2D eigenvalue weighted by Crippen LogP contribution is 2.36. The van der Waals surface area contributed by atoms with Crippen molar-refractivity contribution in [3.63, 3.8) is 0 Å². The van der Waals surface area contributed by atoms with E-state index in [1.807, 2.05) is 18.2 Å². The molecule has 0 amide bonds. The number of alkyl halides is 3. The summed E-state index contributed by atoms with van der Waals surface area (Å²) >= 11 is 9.91. The zero-order chi connectivity index (χ0) is 18.7. The van der Waals surface area contributed by atoms with E-state index >= 15 is 0 Å². The number of nitrogens with zero attached hydrogens (tertiary/aromatic N) is 1. The first kappa shape index (κ1) is 19.5. The van der Waals surface area contributed by atoms with Gasteiger partial charge >= 0.3 is 6.36 Å². The van der Waals surface area contributed by atoms with Crippen molar-refractivity contribution in [2.75, 3.05) is 26.2 Å². The Balaban J connectivity index is 1.96. The average Bonchev–Trinajstić information content (AvgIpc) is 2.59. The van der Waals surface area contributed by atoms with Gasteiger partial charge in [0, 0.05) is 35.7 Å². The molecule has 0 aromatic heterocycles. The number of hydrogen-bond acceptors (Lipinski definition) is 3. The molecule has 0 spiro atoms. The van der Waals surface area contributed by atoms with Gasteiger partial charge in [-0.15, -0.1) is 13.2 Å². The van der Waals surface area contributed by atoms with Crippen LogP contribution in [0.4, 0.5) is 13.2 Å². The minimum atomic E-state index is -4.70. The first-order valence-electron chi connectivity index (χ1n) is 8.09. The van der Waals surface area contributed by atoms with Crippen LogP contribution in [0.5, 0.6) is 5.75 Å². The molecule has 1 atom stereocenters. The Hall–Kier alpha value is -1.28. The highest BCUT2D eigenvalue weighted by atomic mass is 79.9. The second-order valence-corrected chi connectivity index (χ2v) is 7.29. The summed E-state index contributed by atoms with van der Waals surface area (Å²) in [5, 5.41) is 3.92. The molecule has 3 nitrogen and oxygen atoms in total. The summed E-state index contributed by atoms with van der Waals surface area (Å²) in [5.74, 6) is -0.236. The number of ether oxygens (including phenoxy) is 1. The summed E-state index contributed by atoms with van der Waals surface area (Å²) in [4.78, 5) is 2.27. The number of halogens is 5. The van der Waals surface area contributed by atoms with Gasteiger partial charge in [0.1, 0.15) is 5.75 Å². The van der Waals surface area contributed by atoms with Crippen LogP contribution in [0.25, 0.3) is 0 Å². The molecule has 1 aliphatic heterocycles. The first-order chi connectivity index (χ1) is 12.3. The predicted octanol–water partition coefficient (Wildman–Crippen LogP) is 5.00. The van der Waals surface area contributed by atoms with E-state index in [0.29, 0.717) is 5.02 Å². The smallest absolute Gasteiger partial charge is 0.406 e. The fraction of sp³-hybridized carbons (Fsp3) is 0.333. The molecule has 3 rings (SSSR count). The van der Waals surface area contributed by atoms with Crippen molar-refractivity contribution in [1.82, 2.24) is 10.2 Å². The monoisotopic (exact) mass is 448 g/mol. The Kier molecular flexibility index (Phi) is 6.12. The normalized spacial score (nSPS) is 17.1. The van der Waals surface area contributed by atoms with Crippen LogP contribution in [-0.2, 0) is 0 Å². The van der Waals surface area contributed by atoms with Gasteiger partial charge in [-0.25, -0.2) is 0 Å². The van der Waals surface area contributed by atoms with Crippen molar-refractivity contribution in [3.05, 3.63) is 63.1 Å². The largest absolute Gasteiger partial charge is 0.573 e. The maximum absolute atomic E-state index is 12.4. The lowest BCUT2D eigenvalue weighted by atomic mass is 9.96. The lowest BCUT2D eigenvalue weighted by molar-refractivity contribution is -0.274. The second kappa shape index (κ2) is 8.17. The maximum Gasteiger partial charge on any atom is 0.573 e. The number of piperazine rings is 1. The molecule has 2 aromatic carbocycles. The lowest BCUT2D eigenvalue weighted by Gasteiger charge is -2.36. The molecular formula is C18H17BrClF3N2O. The van der Waals surface area contributed by atoms with Crippen molar-refractivity contribution in [2.24, 2.45) is 0 Å². The Bertz CT molecular complexity index is 749. The molecule has 1 fully saturated rings. The van der Waals surface area contributed by atoms with Crippen LogP contribution < -0.4 is 10.1 Å². The van der Waals surface area contributed by atoms with Crippen molar-refractivity contribution in [3.8, 4) is 5.75 Å². The van der Waals surface area contributed by atoms with E-state index in [1.165, 1.54) is 12.1 Å². The van der Waals surface area contributed by atoms with Gasteiger partial charge in [-0.1, -0.05) is 39.7 Å². The van der Waals surface area contributed by atoms with Gasteiger partial charge < -0.3 is 10.1 Å². The molecule has 140 valence electrons. The molecule has 2 aromatic rings. The highest BCUT2D eigenvalue weighted by molar-refractivity contribution is 9.10. The molecule has 8 heteroatoms. The third-order valence-corrected chi connectivity index (χ3v) is 5.04. The molecule has 0 bridgehead atoms. The maximum atomic E-state index is 12.4. The van der Waals surface area contributed by atoms with Crippen LogP contribution in [0.15, 0.2) is 46.9 Å². The Morgan fingerprint density at radius 2 is 1.73 bits per heavy atom. The van der Waals surface area contributed by atoms with Crippen LogP contribution in [0.3, 0.4) is 0 Å². The van der Waals surface area contributed by atoms with Crippen LogP contribution in [0, 0.1) is 0 Å². The molecule has 1 heterocycles. The topological polar surface area (TPSA) is 24.5 Å². The molecular weight excluding hydrogens is 433 g/mol. The average molecular weight is 450 g/mol. The van der Waals surface area contributed by atoms with Crippen molar-refractivity contribution >= 4 is 27.5 Å². The molecule has 0 saturated carbocycles. The van der Waals surface area contributed by atoms with Crippen LogP contribution in [0.2, 0.25) is 5.02 Å². The van der Waals surface area contributed by atoms with Gasteiger partial charge in [-0.3, -0.25) is 4.90 Å². The Morgan fingerprint density at radius 1 is 1.08 bits per heavy atom. The minimum Gasteiger partial charge on any atom is -0.406 e. The summed E-state index contributed by atoms with van der Waals surface area (Å²) in [7, 11) is 0. The predicted molar refractivity (Wildman–Crippen MR) is 98.6 cm³/mol. The van der Waals surface area contributed by atoms with Gasteiger partial charge in [0.2, 0.25) is 0 Å². The molecule has 1 saturated heterocycles. The second-order valence-electron chi connectivity index (χ2n) is 5.97. The van der Waals surface area contributed by atoms with E-state index in [2.05, 4.69) is 30.9 Å². The van der Waals surface area contributed by atoms with Gasteiger partial charge in [0.25, 0.3) is 0 Å². The zero-order valence-corrected chi connectivity index (χ0v) is 16.0. The molecule has 0 unspecified atom stereocenters. The van der Waals surface area contributed by atoms with Gasteiger partial charge in [0.15, 0.2) is 0 Å². The van der Waals surface area contributed by atoms with Crippen LogP contribution in [0.1, 0.15) is 17.2 Å². The van der Waals surface area contributed by atoms with E-state index in [9.17, 15) is 13.2 Å². The van der Waals surface area contributed by atoms with E-state index in [4.69, 9.17) is 11.6 Å². The first-order valence-corrected chi connectivity index (χ1v) is 9.26. The van der Waals surface area contributed by atoms with Crippen LogP contribution >= 0.6 is 27.5 Å². The Morgan fingerprint density at radius 3 is 2.35 bits per heavy atom. The summed E-state index contributed by atoms with van der Waals surface area (Å²) in [6.45, 7) is 3.32. The van der Waals surface area contributed by atoms with Gasteiger partial charge in [-0.2, -0.15) is 0 Å². The van der Waals surface area contributed by atoms with Gasteiger partial charge in [0.05, 0.1) is 6.04 Å². The van der Waals surface area contributed by atoms with Crippen molar-refractivity contribution in [1.29, 1.82) is 0 Å². The quantitative estimate of drug-likeness (QED) is 0.711. The summed E-state index contributed by atoms with van der Waals surface area (Å²) < 4.78 is 42.1. The fourth-order valence-corrected chi connectivity index (χ4v) is 3.70. The fourth-order valence-electron chi connectivity index (χ4n) is 3.10. The molecule has 1 N–H and O–H groups in total. The number of rotatable bonds is 4. The van der Waals surface area contributed by atoms with Gasteiger partial charge in [-0.05, 0) is 41.5 Å². The van der Waals surface area contributed by atoms with E-state index in [1.54, 1.807) is 12.1 Å². The van der Waals surface area contributed by atoms with Crippen molar-refractivity contribution in [2.45, 2.75) is 12.4 Å². The van der Waals surface area contributed by atoms with Crippen LogP contribution in [-0.4, -0.2) is 37.4 Å². The standard InChI is InChI=1S/C18H17BrClF3N2O/c19-13-3-6-16(20)15(11-13)17(25-9-7-24-8-10-25)12-1-4-14(5-2-12)26-18(21,22)23/h1-6,11,17,24H,7-10H2/t17-/m0/s1. The van der Waals surface area contributed by atoms with E-state index in [0.717, 1.165) is 41.8 Å². The third kappa shape index (κ3) is 4.91. The summed E-state index contributed by atoms with van der Waals surface area (Å²) in [6, 6.07) is 11.5. The highest BCUT2D eigenvalue weighted by Gasteiger charge is 2.31. The number of hydrogen-bond donors (Lipinski definition) is 1. The SMILES string of the molecule is FC(F)(F)Oc1ccc([C@@H](c2cc(Br)ccc2Cl)N2CCNCC2)cc1. The number of benzene rings is 2. The molecule has 0 aliphatic carbocycles. The molecule has 1 aliphatic rings. The molecule has 0 radical (unpaired) electrons. The molecule has 26 heavy (non-hydrogen) atoms. The third-order valence-electron chi connectivity index (χ3n) is 4.20. The number of nitrogens with one attached hydrogen (secondary N) is 1. The van der Waals surface area contributed by atoms with E-state index in [-0.39, 0.29) is 11.8 Å². The summed E-state index contributed by atoms with van der Waals surface area (Å²) in [6.07, 6.45) is -4.70. The zero-order valence-electron chi connectivity index (χ0n) is 13.7. The Labute approximate surface area is 163 Å². The minimum absolute atomic E-state index is 0.151. The van der Waals surface area contributed by atoms with E-state index < -0.39 is 6.36 Å². The van der Waals surface area contributed by atoms with Crippen molar-refractivity contribution < 1.29 is 17.9 Å². The summed E-state index contributed by atoms with van der Waals surface area (Å²) in [5.41, 5.74) is 1.77. The lowest BCUT2D eigenvalue weighted by Crippen LogP contribution is -2.45.